The molecule has 142 valence electrons. The second kappa shape index (κ2) is 6.81. The van der Waals surface area contributed by atoms with Crippen molar-refractivity contribution in [2.45, 2.75) is 6.54 Å². The van der Waals surface area contributed by atoms with Crippen LogP contribution in [0.1, 0.15) is 0 Å². The molecule has 0 spiro atoms. The molecule has 4 rings (SSSR count). The lowest BCUT2D eigenvalue weighted by molar-refractivity contribution is -0.116. The van der Waals surface area contributed by atoms with Crippen molar-refractivity contribution < 1.29 is 4.79 Å². The quantitative estimate of drug-likeness (QED) is 0.511. The molecule has 0 unspecified atom stereocenters. The van der Waals surface area contributed by atoms with Crippen LogP contribution in [0.2, 0.25) is 0 Å². The molecule has 0 fully saturated rings. The fraction of sp³-hybridized carbons (Fsp3) is 0.188. The van der Waals surface area contributed by atoms with Crippen LogP contribution in [-0.2, 0) is 25.4 Å². The van der Waals surface area contributed by atoms with Crippen LogP contribution in [-0.4, -0.2) is 39.5 Å². The first-order valence-electron chi connectivity index (χ1n) is 8.09. The molecule has 11 nitrogen and oxygen atoms in total. The minimum absolute atomic E-state index is 0.152. The van der Waals surface area contributed by atoms with Gasteiger partial charge in [0.25, 0.3) is 5.56 Å². The summed E-state index contributed by atoms with van der Waals surface area (Å²) < 4.78 is 3.64. The third kappa shape index (κ3) is 2.99. The topological polar surface area (TPSA) is 130 Å². The highest BCUT2D eigenvalue weighted by Gasteiger charge is 2.16. The van der Waals surface area contributed by atoms with Crippen molar-refractivity contribution in [3.05, 3.63) is 51.0 Å². The maximum Gasteiger partial charge on any atom is 0.332 e. The van der Waals surface area contributed by atoms with Crippen molar-refractivity contribution in [1.82, 2.24) is 33.6 Å². The van der Waals surface area contributed by atoms with E-state index >= 15 is 0 Å². The van der Waals surface area contributed by atoms with E-state index < -0.39 is 11.2 Å². The maximum atomic E-state index is 12.4. The number of carbonyl (C=O) groups is 1. The lowest BCUT2D eigenvalue weighted by Gasteiger charge is -2.06. The zero-order valence-corrected chi connectivity index (χ0v) is 15.7. The van der Waals surface area contributed by atoms with Gasteiger partial charge in [0.1, 0.15) is 12.2 Å². The van der Waals surface area contributed by atoms with Gasteiger partial charge in [0, 0.05) is 31.9 Å². The number of carbonyl (C=O) groups excluding carboxylic acids is 1. The highest BCUT2D eigenvalue weighted by molar-refractivity contribution is 7.14. The summed E-state index contributed by atoms with van der Waals surface area (Å²) in [4.78, 5) is 53.4. The molecule has 0 aliphatic carbocycles. The third-order valence-electron chi connectivity index (χ3n) is 4.08. The predicted octanol–water partition coefficient (Wildman–Crippen LogP) is -0.0141. The first-order chi connectivity index (χ1) is 13.5. The van der Waals surface area contributed by atoms with Gasteiger partial charge < -0.3 is 9.88 Å². The van der Waals surface area contributed by atoms with E-state index in [1.54, 1.807) is 23.8 Å². The molecular formula is C16H14N8O3S. The summed E-state index contributed by atoms with van der Waals surface area (Å²) >= 11 is 1.24. The summed E-state index contributed by atoms with van der Waals surface area (Å²) in [6.45, 7) is -0.152. The fourth-order valence-corrected chi connectivity index (χ4v) is 3.40. The molecule has 0 saturated heterocycles. The third-order valence-corrected chi connectivity index (χ3v) is 4.83. The van der Waals surface area contributed by atoms with Gasteiger partial charge in [-0.25, -0.2) is 24.7 Å². The summed E-state index contributed by atoms with van der Waals surface area (Å²) in [6, 6.07) is 1.70. The van der Waals surface area contributed by atoms with Gasteiger partial charge >= 0.3 is 5.69 Å². The Morgan fingerprint density at radius 1 is 1.14 bits per heavy atom. The lowest BCUT2D eigenvalue weighted by atomic mass is 10.4. The second-order valence-corrected chi connectivity index (χ2v) is 6.77. The van der Waals surface area contributed by atoms with Crippen molar-refractivity contribution in [3.63, 3.8) is 0 Å². The average Bonchev–Trinajstić information content (AvgIpc) is 3.33. The number of fused-ring (bicyclic) bond motifs is 1. The summed E-state index contributed by atoms with van der Waals surface area (Å²) in [5.41, 5.74) is -0.0411. The van der Waals surface area contributed by atoms with Crippen LogP contribution < -0.4 is 16.6 Å². The van der Waals surface area contributed by atoms with Gasteiger partial charge in [0.05, 0.1) is 6.33 Å². The van der Waals surface area contributed by atoms with E-state index in [1.807, 2.05) is 0 Å². The Bertz CT molecular complexity index is 1300. The summed E-state index contributed by atoms with van der Waals surface area (Å²) in [5, 5.41) is 4.81. The zero-order valence-electron chi connectivity index (χ0n) is 14.9. The molecule has 1 N–H and O–H groups in total. The molecule has 0 aliphatic heterocycles. The normalized spacial score (nSPS) is 11.1. The Hall–Kier alpha value is -3.67. The lowest BCUT2D eigenvalue weighted by Crippen LogP contribution is -2.37. The van der Waals surface area contributed by atoms with Gasteiger partial charge in [-0.3, -0.25) is 18.7 Å². The number of thiazole rings is 1. The number of nitrogens with one attached hydrogen (secondary N) is 1. The molecule has 4 aromatic heterocycles. The van der Waals surface area contributed by atoms with Crippen molar-refractivity contribution in [2.24, 2.45) is 14.1 Å². The Balaban J connectivity index is 1.58. The molecule has 0 bridgehead atoms. The Labute approximate surface area is 161 Å². The number of imidazole rings is 1. The largest absolute Gasteiger partial charge is 0.332 e. The van der Waals surface area contributed by atoms with Crippen LogP contribution in [0.3, 0.4) is 0 Å². The SMILES string of the molecule is Cn1c(=O)c2c(ncn2CC(=O)Nc2nc(-c3ncccn3)cs2)n(C)c1=O. The molecule has 4 aromatic rings. The molecule has 0 aliphatic rings. The zero-order chi connectivity index (χ0) is 19.8. The van der Waals surface area contributed by atoms with Crippen molar-refractivity contribution >= 4 is 33.5 Å². The summed E-state index contributed by atoms with van der Waals surface area (Å²) in [7, 11) is 2.90. The average molecular weight is 398 g/mol. The van der Waals surface area contributed by atoms with E-state index in [2.05, 4.69) is 25.3 Å². The van der Waals surface area contributed by atoms with Crippen LogP contribution >= 0.6 is 11.3 Å². The molecule has 4 heterocycles. The summed E-state index contributed by atoms with van der Waals surface area (Å²) in [6.07, 6.45) is 4.58. The van der Waals surface area contributed by atoms with Gasteiger partial charge in [-0.2, -0.15) is 0 Å². The number of amides is 1. The number of hydrogen-bond acceptors (Lipinski definition) is 8. The van der Waals surface area contributed by atoms with Crippen molar-refractivity contribution in [1.29, 1.82) is 0 Å². The second-order valence-electron chi connectivity index (χ2n) is 5.91. The molecule has 0 aromatic carbocycles. The molecule has 1 amide bonds. The predicted molar refractivity (Wildman–Crippen MR) is 102 cm³/mol. The number of rotatable bonds is 4. The monoisotopic (exact) mass is 398 g/mol. The highest BCUT2D eigenvalue weighted by atomic mass is 32.1. The van der Waals surface area contributed by atoms with Gasteiger partial charge in [-0.1, -0.05) is 0 Å². The Morgan fingerprint density at radius 3 is 2.64 bits per heavy atom. The Morgan fingerprint density at radius 2 is 1.89 bits per heavy atom. The molecule has 0 saturated carbocycles. The van der Waals surface area contributed by atoms with E-state index in [0.717, 1.165) is 4.57 Å². The van der Waals surface area contributed by atoms with E-state index in [0.29, 0.717) is 16.6 Å². The Kier molecular flexibility index (Phi) is 4.31. The molecular weight excluding hydrogens is 384 g/mol. The minimum Gasteiger partial charge on any atom is -0.315 e. The van der Waals surface area contributed by atoms with E-state index in [4.69, 9.17) is 0 Å². The minimum atomic E-state index is -0.513. The maximum absolute atomic E-state index is 12.4. The number of anilines is 1. The molecule has 0 radical (unpaired) electrons. The molecule has 28 heavy (non-hydrogen) atoms. The fourth-order valence-electron chi connectivity index (χ4n) is 2.70. The van der Waals surface area contributed by atoms with E-state index in [9.17, 15) is 14.4 Å². The van der Waals surface area contributed by atoms with Crippen LogP contribution in [0.5, 0.6) is 0 Å². The van der Waals surface area contributed by atoms with Gasteiger partial charge in [-0.05, 0) is 6.07 Å². The van der Waals surface area contributed by atoms with Crippen LogP contribution in [0.4, 0.5) is 5.13 Å². The summed E-state index contributed by atoms with van der Waals surface area (Å²) in [5.74, 6) is 0.0781. The first kappa shape index (κ1) is 17.7. The van der Waals surface area contributed by atoms with Crippen molar-refractivity contribution in [2.75, 3.05) is 5.32 Å². The van der Waals surface area contributed by atoms with Gasteiger partial charge in [0.2, 0.25) is 5.91 Å². The molecule has 0 atom stereocenters. The highest BCUT2D eigenvalue weighted by Crippen LogP contribution is 2.21. The van der Waals surface area contributed by atoms with Crippen LogP contribution in [0, 0.1) is 0 Å². The van der Waals surface area contributed by atoms with Crippen LogP contribution in [0.15, 0.2) is 39.8 Å². The van der Waals surface area contributed by atoms with Crippen LogP contribution in [0.25, 0.3) is 22.7 Å². The molecule has 12 heteroatoms. The van der Waals surface area contributed by atoms with E-state index in [-0.39, 0.29) is 23.6 Å². The van der Waals surface area contributed by atoms with E-state index in [1.165, 1.54) is 40.9 Å². The smallest absolute Gasteiger partial charge is 0.315 e. The number of nitrogens with zero attached hydrogens (tertiary/aromatic N) is 7. The van der Waals surface area contributed by atoms with Gasteiger partial charge in [0.15, 0.2) is 22.1 Å². The van der Waals surface area contributed by atoms with Crippen molar-refractivity contribution in [3.8, 4) is 11.5 Å². The number of hydrogen-bond donors (Lipinski definition) is 1. The number of aromatic nitrogens is 7. The number of aryl methyl sites for hydroxylation is 1. The first-order valence-corrected chi connectivity index (χ1v) is 8.97. The van der Waals surface area contributed by atoms with Gasteiger partial charge in [-0.15, -0.1) is 11.3 Å². The standard InChI is InChI=1S/C16H14N8O3S/c1-22-13-11(14(26)23(2)16(22)27)24(8-19-13)6-10(25)21-15-20-9(7-28-15)12-17-4-3-5-18-12/h3-5,7-8H,6H2,1-2H3,(H,20,21,25).